The summed E-state index contributed by atoms with van der Waals surface area (Å²) in [6, 6.07) is 9.64. The highest BCUT2D eigenvalue weighted by Crippen LogP contribution is 2.18. The van der Waals surface area contributed by atoms with E-state index >= 15 is 0 Å². The number of benzene rings is 1. The fourth-order valence-corrected chi connectivity index (χ4v) is 2.72. The number of anilines is 1. The number of hydrogen-bond acceptors (Lipinski definition) is 5. The van der Waals surface area contributed by atoms with Gasteiger partial charge in [-0.1, -0.05) is 12.1 Å². The maximum absolute atomic E-state index is 12.9. The van der Waals surface area contributed by atoms with Crippen molar-refractivity contribution >= 4 is 11.7 Å². The molecule has 1 aromatic carbocycles. The van der Waals surface area contributed by atoms with Crippen molar-refractivity contribution in [1.29, 1.82) is 0 Å². The minimum absolute atomic E-state index is 0.0201. The maximum atomic E-state index is 12.9. The zero-order chi connectivity index (χ0) is 17.8. The van der Waals surface area contributed by atoms with E-state index in [-0.39, 0.29) is 24.2 Å². The number of ether oxygens (including phenoxy) is 1. The largest absolute Gasteiger partial charge is 0.471 e. The first-order valence-corrected chi connectivity index (χ1v) is 8.21. The molecule has 0 unspecified atom stereocenters. The molecule has 1 aromatic heterocycles. The van der Waals surface area contributed by atoms with Crippen LogP contribution in [0, 0.1) is 5.82 Å². The van der Waals surface area contributed by atoms with Gasteiger partial charge in [-0.05, 0) is 23.8 Å². The normalized spacial score (nSPS) is 16.8. The lowest BCUT2D eigenvalue weighted by Crippen LogP contribution is -2.32. The first kappa shape index (κ1) is 17.1. The quantitative estimate of drug-likeness (QED) is 0.829. The summed E-state index contributed by atoms with van der Waals surface area (Å²) in [4.78, 5) is 16.0. The molecule has 0 saturated carbocycles. The van der Waals surface area contributed by atoms with E-state index in [1.54, 1.807) is 23.1 Å². The Bertz CT molecular complexity index is 719. The van der Waals surface area contributed by atoms with Crippen LogP contribution >= 0.6 is 0 Å². The van der Waals surface area contributed by atoms with Crippen molar-refractivity contribution in [2.75, 3.05) is 32.1 Å². The summed E-state index contributed by atoms with van der Waals surface area (Å²) in [5.74, 6) is 0.942. The molecule has 1 saturated heterocycles. The van der Waals surface area contributed by atoms with Crippen molar-refractivity contribution in [3.05, 3.63) is 47.8 Å². The second-order valence-corrected chi connectivity index (χ2v) is 6.30. The molecule has 0 bridgehead atoms. The molecule has 6 nitrogen and oxygen atoms in total. The van der Waals surface area contributed by atoms with Crippen LogP contribution in [-0.2, 0) is 11.2 Å². The third-order valence-corrected chi connectivity index (χ3v) is 4.14. The minimum atomic E-state index is -0.299. The molecule has 7 heteroatoms. The smallest absolute Gasteiger partial charge is 0.233 e. The summed E-state index contributed by atoms with van der Waals surface area (Å²) in [7, 11) is 3.79. The number of carbonyl (C=O) groups is 1. The van der Waals surface area contributed by atoms with Gasteiger partial charge >= 0.3 is 0 Å². The molecule has 0 spiro atoms. The van der Waals surface area contributed by atoms with Crippen LogP contribution in [0.15, 0.2) is 36.4 Å². The van der Waals surface area contributed by atoms with Crippen molar-refractivity contribution in [1.82, 2.24) is 15.1 Å². The van der Waals surface area contributed by atoms with Gasteiger partial charge < -0.3 is 14.5 Å². The molecule has 1 atom stereocenters. The van der Waals surface area contributed by atoms with E-state index in [1.807, 2.05) is 25.1 Å². The fraction of sp³-hybridized carbons (Fsp3) is 0.389. The molecular formula is C18H21FN4O2. The van der Waals surface area contributed by atoms with Gasteiger partial charge in [-0.25, -0.2) is 4.39 Å². The van der Waals surface area contributed by atoms with Crippen molar-refractivity contribution in [3.8, 4) is 5.88 Å². The van der Waals surface area contributed by atoms with Gasteiger partial charge in [0.25, 0.3) is 0 Å². The lowest BCUT2D eigenvalue weighted by Gasteiger charge is -2.17. The zero-order valence-corrected chi connectivity index (χ0v) is 14.4. The number of amides is 1. The topological polar surface area (TPSA) is 58.6 Å². The average Bonchev–Trinajstić information content (AvgIpc) is 3.06. The summed E-state index contributed by atoms with van der Waals surface area (Å²) in [5, 5.41) is 8.13. The molecule has 1 amide bonds. The lowest BCUT2D eigenvalue weighted by molar-refractivity contribution is -0.129. The van der Waals surface area contributed by atoms with E-state index in [0.29, 0.717) is 19.0 Å². The predicted octanol–water partition coefficient (Wildman–Crippen LogP) is 1.90. The third kappa shape index (κ3) is 4.43. The average molecular weight is 344 g/mol. The Morgan fingerprint density at radius 3 is 2.64 bits per heavy atom. The molecule has 1 aliphatic rings. The van der Waals surface area contributed by atoms with E-state index in [4.69, 9.17) is 4.74 Å². The number of likely N-dealkylation sites (tertiary alicyclic amines) is 1. The van der Waals surface area contributed by atoms with Gasteiger partial charge in [-0.15, -0.1) is 10.2 Å². The monoisotopic (exact) mass is 344 g/mol. The Kier molecular flexibility index (Phi) is 5.11. The molecular weight excluding hydrogens is 323 g/mol. The van der Waals surface area contributed by atoms with Gasteiger partial charge in [0.1, 0.15) is 11.9 Å². The van der Waals surface area contributed by atoms with Gasteiger partial charge in [-0.2, -0.15) is 0 Å². The van der Waals surface area contributed by atoms with Gasteiger partial charge in [0.15, 0.2) is 5.82 Å². The van der Waals surface area contributed by atoms with Crippen molar-refractivity contribution in [2.24, 2.45) is 0 Å². The molecule has 2 aromatic rings. The SMILES string of the molecule is CN(C)c1ccc(O[C@@H]2CCN(C(=O)Cc3ccc(F)cc3)C2)nn1. The van der Waals surface area contributed by atoms with Crippen molar-refractivity contribution < 1.29 is 13.9 Å². The lowest BCUT2D eigenvalue weighted by atomic mass is 10.1. The van der Waals surface area contributed by atoms with Gasteiger partial charge in [0.2, 0.25) is 11.8 Å². The Balaban J connectivity index is 1.52. The van der Waals surface area contributed by atoms with E-state index in [2.05, 4.69) is 10.2 Å². The van der Waals surface area contributed by atoms with Crippen LogP contribution in [0.1, 0.15) is 12.0 Å². The number of hydrogen-bond donors (Lipinski definition) is 0. The fourth-order valence-electron chi connectivity index (χ4n) is 2.72. The molecule has 25 heavy (non-hydrogen) atoms. The first-order valence-electron chi connectivity index (χ1n) is 8.21. The Morgan fingerprint density at radius 2 is 2.00 bits per heavy atom. The summed E-state index contributed by atoms with van der Waals surface area (Å²) < 4.78 is 18.7. The van der Waals surface area contributed by atoms with E-state index < -0.39 is 0 Å². The summed E-state index contributed by atoms with van der Waals surface area (Å²) in [6.45, 7) is 1.17. The Hall–Kier alpha value is -2.70. The van der Waals surface area contributed by atoms with Crippen LogP contribution in [0.5, 0.6) is 5.88 Å². The van der Waals surface area contributed by atoms with Crippen molar-refractivity contribution in [2.45, 2.75) is 18.9 Å². The molecule has 0 radical (unpaired) electrons. The highest BCUT2D eigenvalue weighted by atomic mass is 19.1. The minimum Gasteiger partial charge on any atom is -0.471 e. The summed E-state index contributed by atoms with van der Waals surface area (Å²) >= 11 is 0. The Labute approximate surface area is 146 Å². The highest BCUT2D eigenvalue weighted by molar-refractivity contribution is 5.79. The number of rotatable bonds is 5. The summed E-state index contributed by atoms with van der Waals surface area (Å²) in [6.07, 6.45) is 0.938. The molecule has 132 valence electrons. The van der Waals surface area contributed by atoms with E-state index in [1.165, 1.54) is 12.1 Å². The van der Waals surface area contributed by atoms with Crippen LogP contribution in [0.3, 0.4) is 0 Å². The van der Waals surface area contributed by atoms with Crippen molar-refractivity contribution in [3.63, 3.8) is 0 Å². The van der Waals surface area contributed by atoms with Crippen LogP contribution in [0.25, 0.3) is 0 Å². The van der Waals surface area contributed by atoms with Crippen LogP contribution in [0.4, 0.5) is 10.2 Å². The Morgan fingerprint density at radius 1 is 1.24 bits per heavy atom. The van der Waals surface area contributed by atoms with E-state index in [9.17, 15) is 9.18 Å². The van der Waals surface area contributed by atoms with Gasteiger partial charge in [-0.3, -0.25) is 4.79 Å². The second kappa shape index (κ2) is 7.46. The van der Waals surface area contributed by atoms with Gasteiger partial charge in [0, 0.05) is 33.1 Å². The molecule has 0 N–H and O–H groups in total. The standard InChI is InChI=1S/C18H21FN4O2/c1-22(2)16-7-8-17(21-20-16)25-15-9-10-23(12-15)18(24)11-13-3-5-14(19)6-4-13/h3-8,15H,9-12H2,1-2H3/t15-/m1/s1. The number of carbonyl (C=O) groups excluding carboxylic acids is 1. The summed E-state index contributed by atoms with van der Waals surface area (Å²) in [5.41, 5.74) is 0.806. The first-order chi connectivity index (χ1) is 12.0. The van der Waals surface area contributed by atoms with E-state index in [0.717, 1.165) is 17.8 Å². The molecule has 1 aliphatic heterocycles. The van der Waals surface area contributed by atoms with Crippen LogP contribution in [-0.4, -0.2) is 54.3 Å². The highest BCUT2D eigenvalue weighted by Gasteiger charge is 2.27. The number of nitrogens with zero attached hydrogens (tertiary/aromatic N) is 4. The molecule has 1 fully saturated rings. The third-order valence-electron chi connectivity index (χ3n) is 4.14. The number of aromatic nitrogens is 2. The van der Waals surface area contributed by atoms with Gasteiger partial charge in [0.05, 0.1) is 13.0 Å². The number of halogens is 1. The zero-order valence-electron chi connectivity index (χ0n) is 14.4. The maximum Gasteiger partial charge on any atom is 0.233 e. The molecule has 2 heterocycles. The predicted molar refractivity (Wildman–Crippen MR) is 92.1 cm³/mol. The molecule has 0 aliphatic carbocycles. The molecule has 3 rings (SSSR count). The van der Waals surface area contributed by atoms with Crippen LogP contribution < -0.4 is 9.64 Å². The van der Waals surface area contributed by atoms with Crippen LogP contribution in [0.2, 0.25) is 0 Å². The second-order valence-electron chi connectivity index (χ2n) is 6.30.